The maximum atomic E-state index is 12.3. The third-order valence-corrected chi connectivity index (χ3v) is 5.14. The minimum absolute atomic E-state index is 0.0215. The molecule has 0 spiro atoms. The van der Waals surface area contributed by atoms with Gasteiger partial charge < -0.3 is 16.0 Å². The molecule has 1 saturated heterocycles. The Balaban J connectivity index is 1.79. The molecule has 0 aromatic rings. The Hall–Kier alpha value is -0.650. The van der Waals surface area contributed by atoms with Gasteiger partial charge in [-0.05, 0) is 40.2 Å². The molecule has 122 valence electrons. The van der Waals surface area contributed by atoms with Crippen molar-refractivity contribution in [2.45, 2.75) is 51.1 Å². The Kier molecular flexibility index (Phi) is 5.63. The lowest BCUT2D eigenvalue weighted by Crippen LogP contribution is -2.58. The summed E-state index contributed by atoms with van der Waals surface area (Å²) in [6.07, 6.45) is 3.99. The molecule has 5 nitrogen and oxygen atoms in total. The van der Waals surface area contributed by atoms with Crippen molar-refractivity contribution in [1.82, 2.24) is 15.1 Å². The predicted octanol–water partition coefficient (Wildman–Crippen LogP) is 0.646. The second-order valence-electron chi connectivity index (χ2n) is 7.44. The van der Waals surface area contributed by atoms with Gasteiger partial charge in [0.1, 0.15) is 0 Å². The molecule has 1 saturated carbocycles. The maximum absolute atomic E-state index is 12.3. The lowest BCUT2D eigenvalue weighted by molar-refractivity contribution is -0.126. The van der Waals surface area contributed by atoms with E-state index in [2.05, 4.69) is 36.0 Å². The van der Waals surface area contributed by atoms with E-state index in [0.29, 0.717) is 0 Å². The minimum atomic E-state index is 0.0215. The molecule has 2 aliphatic rings. The van der Waals surface area contributed by atoms with E-state index >= 15 is 0 Å². The van der Waals surface area contributed by atoms with Crippen molar-refractivity contribution < 1.29 is 4.79 Å². The Morgan fingerprint density at radius 3 is 2.52 bits per heavy atom. The van der Waals surface area contributed by atoms with Gasteiger partial charge in [-0.25, -0.2) is 0 Å². The molecule has 0 aromatic carbocycles. The van der Waals surface area contributed by atoms with E-state index in [4.69, 9.17) is 5.73 Å². The Labute approximate surface area is 129 Å². The molecule has 0 bridgehead atoms. The monoisotopic (exact) mass is 296 g/mol. The van der Waals surface area contributed by atoms with E-state index in [1.807, 2.05) is 0 Å². The van der Waals surface area contributed by atoms with Gasteiger partial charge in [0.15, 0.2) is 0 Å². The van der Waals surface area contributed by atoms with Crippen LogP contribution >= 0.6 is 0 Å². The number of carbonyl (C=O) groups excluding carboxylic acids is 1. The van der Waals surface area contributed by atoms with E-state index < -0.39 is 0 Å². The molecule has 1 amide bonds. The molecule has 2 unspecified atom stereocenters. The normalized spacial score (nSPS) is 29.3. The molecule has 1 aliphatic carbocycles. The van der Waals surface area contributed by atoms with Crippen molar-refractivity contribution in [2.24, 2.45) is 11.7 Å². The van der Waals surface area contributed by atoms with Crippen LogP contribution < -0.4 is 11.1 Å². The van der Waals surface area contributed by atoms with Crippen LogP contribution in [0.4, 0.5) is 0 Å². The van der Waals surface area contributed by atoms with Crippen molar-refractivity contribution in [1.29, 1.82) is 0 Å². The van der Waals surface area contributed by atoms with Crippen molar-refractivity contribution in [2.75, 3.05) is 39.8 Å². The summed E-state index contributed by atoms with van der Waals surface area (Å²) in [4.78, 5) is 17.2. The Morgan fingerprint density at radius 1 is 1.24 bits per heavy atom. The van der Waals surface area contributed by atoms with E-state index in [-0.39, 0.29) is 23.4 Å². The van der Waals surface area contributed by atoms with E-state index in [0.717, 1.165) is 58.4 Å². The summed E-state index contributed by atoms with van der Waals surface area (Å²) in [5, 5.41) is 3.17. The fourth-order valence-electron chi connectivity index (χ4n) is 3.44. The highest BCUT2D eigenvalue weighted by molar-refractivity contribution is 5.78. The van der Waals surface area contributed by atoms with Crippen molar-refractivity contribution in [3.8, 4) is 0 Å². The standard InChI is InChI=1S/C16H32N4O/c1-16(2,20-9-7-19(3)8-10-20)12-18-15(21)13-5-4-6-14(17)11-13/h13-14H,4-12,17H2,1-3H3,(H,18,21). The van der Waals surface area contributed by atoms with E-state index in [1.54, 1.807) is 0 Å². The van der Waals surface area contributed by atoms with Gasteiger partial charge in [-0.1, -0.05) is 6.42 Å². The number of nitrogens with zero attached hydrogens (tertiary/aromatic N) is 2. The largest absolute Gasteiger partial charge is 0.354 e. The zero-order chi connectivity index (χ0) is 15.5. The highest BCUT2D eigenvalue weighted by atomic mass is 16.1. The van der Waals surface area contributed by atoms with Crippen molar-refractivity contribution in [3.05, 3.63) is 0 Å². The predicted molar refractivity (Wildman–Crippen MR) is 86.1 cm³/mol. The van der Waals surface area contributed by atoms with Gasteiger partial charge in [0, 0.05) is 50.2 Å². The first-order valence-electron chi connectivity index (χ1n) is 8.35. The first kappa shape index (κ1) is 16.7. The van der Waals surface area contributed by atoms with Gasteiger partial charge in [0.2, 0.25) is 5.91 Å². The van der Waals surface area contributed by atoms with Crippen LogP contribution in [0.3, 0.4) is 0 Å². The molecule has 2 atom stereocenters. The third kappa shape index (κ3) is 4.66. The Morgan fingerprint density at radius 2 is 1.90 bits per heavy atom. The van der Waals surface area contributed by atoms with Crippen LogP contribution in [0.5, 0.6) is 0 Å². The third-order valence-electron chi connectivity index (χ3n) is 5.14. The number of carbonyl (C=O) groups is 1. The van der Waals surface area contributed by atoms with Gasteiger partial charge >= 0.3 is 0 Å². The summed E-state index contributed by atoms with van der Waals surface area (Å²) >= 11 is 0. The van der Waals surface area contributed by atoms with Crippen LogP contribution in [0.15, 0.2) is 0 Å². The maximum Gasteiger partial charge on any atom is 0.223 e. The van der Waals surface area contributed by atoms with E-state index in [1.165, 1.54) is 0 Å². The minimum Gasteiger partial charge on any atom is -0.354 e. The molecule has 5 heteroatoms. The molecule has 0 aromatic heterocycles. The smallest absolute Gasteiger partial charge is 0.223 e. The summed E-state index contributed by atoms with van der Waals surface area (Å²) < 4.78 is 0. The van der Waals surface area contributed by atoms with Gasteiger partial charge in [0.25, 0.3) is 0 Å². The fourth-order valence-corrected chi connectivity index (χ4v) is 3.44. The summed E-state index contributed by atoms with van der Waals surface area (Å²) in [7, 11) is 2.17. The summed E-state index contributed by atoms with van der Waals surface area (Å²) in [5.74, 6) is 0.324. The average Bonchev–Trinajstić information content (AvgIpc) is 2.45. The first-order valence-corrected chi connectivity index (χ1v) is 8.35. The van der Waals surface area contributed by atoms with Crippen LogP contribution in [-0.4, -0.2) is 67.1 Å². The summed E-state index contributed by atoms with van der Waals surface area (Å²) in [6, 6.07) is 0.208. The van der Waals surface area contributed by atoms with Crippen molar-refractivity contribution in [3.63, 3.8) is 0 Å². The average molecular weight is 296 g/mol. The SMILES string of the molecule is CN1CCN(C(C)(C)CNC(=O)C2CCCC(N)C2)CC1. The zero-order valence-electron chi connectivity index (χ0n) is 13.9. The van der Waals surface area contributed by atoms with Crippen molar-refractivity contribution >= 4 is 5.91 Å². The van der Waals surface area contributed by atoms with Crippen LogP contribution in [0.1, 0.15) is 39.5 Å². The summed E-state index contributed by atoms with van der Waals surface area (Å²) in [6.45, 7) is 9.54. The second kappa shape index (κ2) is 7.07. The lowest BCUT2D eigenvalue weighted by atomic mass is 9.85. The molecule has 2 fully saturated rings. The zero-order valence-corrected chi connectivity index (χ0v) is 13.9. The highest BCUT2D eigenvalue weighted by Gasteiger charge is 2.31. The van der Waals surface area contributed by atoms with Gasteiger partial charge in [-0.3, -0.25) is 9.69 Å². The number of rotatable bonds is 4. The quantitative estimate of drug-likeness (QED) is 0.799. The molecule has 21 heavy (non-hydrogen) atoms. The van der Waals surface area contributed by atoms with Gasteiger partial charge in [-0.2, -0.15) is 0 Å². The fraction of sp³-hybridized carbons (Fsp3) is 0.938. The first-order chi connectivity index (χ1) is 9.88. The lowest BCUT2D eigenvalue weighted by Gasteiger charge is -2.43. The molecule has 3 N–H and O–H groups in total. The number of piperazine rings is 1. The second-order valence-corrected chi connectivity index (χ2v) is 7.44. The number of nitrogens with one attached hydrogen (secondary N) is 1. The summed E-state index contributed by atoms with van der Waals surface area (Å²) in [5.41, 5.74) is 6.00. The molecule has 1 heterocycles. The molecule has 2 rings (SSSR count). The number of amides is 1. The van der Waals surface area contributed by atoms with Gasteiger partial charge in [0.05, 0.1) is 0 Å². The highest BCUT2D eigenvalue weighted by Crippen LogP contribution is 2.23. The molecule has 0 radical (unpaired) electrons. The van der Waals surface area contributed by atoms with Crippen LogP contribution in [0.25, 0.3) is 0 Å². The number of likely N-dealkylation sites (N-methyl/N-ethyl adjacent to an activating group) is 1. The molecular formula is C16H32N4O. The molecular weight excluding hydrogens is 264 g/mol. The topological polar surface area (TPSA) is 61.6 Å². The van der Waals surface area contributed by atoms with Crippen LogP contribution in [0, 0.1) is 5.92 Å². The van der Waals surface area contributed by atoms with Gasteiger partial charge in [-0.15, -0.1) is 0 Å². The molecule has 1 aliphatic heterocycles. The van der Waals surface area contributed by atoms with E-state index in [9.17, 15) is 4.79 Å². The number of hydrogen-bond acceptors (Lipinski definition) is 4. The van der Waals surface area contributed by atoms with Crippen LogP contribution in [-0.2, 0) is 4.79 Å². The number of nitrogens with two attached hydrogens (primary N) is 1. The number of hydrogen-bond donors (Lipinski definition) is 2. The Bertz CT molecular complexity index is 350. The van der Waals surface area contributed by atoms with Crippen LogP contribution in [0.2, 0.25) is 0 Å².